The Morgan fingerprint density at radius 2 is 2.12 bits per heavy atom. The Hall–Kier alpha value is -1.60. The van der Waals surface area contributed by atoms with Crippen molar-refractivity contribution in [2.45, 2.75) is 37.1 Å². The lowest BCUT2D eigenvalue weighted by molar-refractivity contribution is -0.182. The minimum Gasteiger partial charge on any atom is -0.347 e. The highest BCUT2D eigenvalue weighted by molar-refractivity contribution is 6.31. The van der Waals surface area contributed by atoms with Crippen LogP contribution in [0.5, 0.6) is 0 Å². The first-order chi connectivity index (χ1) is 12.0. The first kappa shape index (κ1) is 16.8. The molecule has 3 N–H and O–H groups in total. The largest absolute Gasteiger partial charge is 0.347 e. The Morgan fingerprint density at radius 3 is 2.84 bits per heavy atom. The molecule has 25 heavy (non-hydrogen) atoms. The first-order valence-electron chi connectivity index (χ1n) is 8.57. The summed E-state index contributed by atoms with van der Waals surface area (Å²) in [6.07, 6.45) is 2.09. The van der Waals surface area contributed by atoms with Gasteiger partial charge in [0.1, 0.15) is 5.69 Å². The molecule has 4 rings (SSSR count). The van der Waals surface area contributed by atoms with Gasteiger partial charge >= 0.3 is 0 Å². The van der Waals surface area contributed by atoms with E-state index >= 15 is 0 Å². The summed E-state index contributed by atoms with van der Waals surface area (Å²) in [5, 5.41) is 4.68. The summed E-state index contributed by atoms with van der Waals surface area (Å²) in [5.74, 6) is -0.670. The lowest BCUT2D eigenvalue weighted by Crippen LogP contribution is -2.56. The van der Waals surface area contributed by atoms with Gasteiger partial charge in [0.05, 0.1) is 13.2 Å². The maximum atomic E-state index is 12.8. The predicted molar refractivity (Wildman–Crippen MR) is 95.6 cm³/mol. The number of carbonyl (C=O) groups is 1. The monoisotopic (exact) mass is 363 g/mol. The number of amides is 1. The molecular weight excluding hydrogens is 342 g/mol. The molecular formula is C18H22ClN3O3. The molecule has 1 saturated heterocycles. The molecule has 2 atom stereocenters. The van der Waals surface area contributed by atoms with Gasteiger partial charge in [-0.15, -0.1) is 0 Å². The standard InChI is InChI=1S/C18H22ClN3O3/c1-22-15-3-2-12(19)8-11(15)9-16(22)17(23)21-14-4-5-18(10-13(14)20)24-6-7-25-18/h2-3,8-9,13-14H,4-7,10,20H2,1H3,(H,21,23)/t13-,14+/m1/s1. The van der Waals surface area contributed by atoms with Crippen molar-refractivity contribution in [3.63, 3.8) is 0 Å². The van der Waals surface area contributed by atoms with E-state index < -0.39 is 5.79 Å². The maximum absolute atomic E-state index is 12.8. The SMILES string of the molecule is Cn1c(C(=O)N[C@H]2CCC3(C[C@H]2N)OCCO3)cc2cc(Cl)ccc21. The summed E-state index contributed by atoms with van der Waals surface area (Å²) in [7, 11) is 1.88. The fourth-order valence-electron chi connectivity index (χ4n) is 3.91. The molecule has 1 aromatic heterocycles. The number of fused-ring (bicyclic) bond motifs is 1. The predicted octanol–water partition coefficient (Wildman–Crippen LogP) is 2.18. The van der Waals surface area contributed by atoms with Crippen molar-refractivity contribution in [3.05, 3.63) is 35.0 Å². The Kier molecular flexibility index (Phi) is 4.24. The number of benzene rings is 1. The van der Waals surface area contributed by atoms with Crippen LogP contribution < -0.4 is 11.1 Å². The number of carbonyl (C=O) groups excluding carboxylic acids is 1. The highest BCUT2D eigenvalue weighted by atomic mass is 35.5. The highest BCUT2D eigenvalue weighted by Crippen LogP contribution is 2.35. The number of halogens is 1. The van der Waals surface area contributed by atoms with Crippen LogP contribution in [-0.2, 0) is 16.5 Å². The fourth-order valence-corrected chi connectivity index (χ4v) is 4.09. The number of rotatable bonds is 2. The van der Waals surface area contributed by atoms with Gasteiger partial charge in [0.15, 0.2) is 5.79 Å². The van der Waals surface area contributed by atoms with Crippen molar-refractivity contribution in [2.75, 3.05) is 13.2 Å². The zero-order valence-electron chi connectivity index (χ0n) is 14.1. The number of hydrogen-bond acceptors (Lipinski definition) is 4. The summed E-state index contributed by atoms with van der Waals surface area (Å²) in [4.78, 5) is 12.8. The zero-order chi connectivity index (χ0) is 17.6. The van der Waals surface area contributed by atoms with Gasteiger partial charge in [0.2, 0.25) is 0 Å². The minimum atomic E-state index is -0.545. The summed E-state index contributed by atoms with van der Waals surface area (Å²) in [6.45, 7) is 1.23. The van der Waals surface area contributed by atoms with Gasteiger partial charge < -0.3 is 25.1 Å². The van der Waals surface area contributed by atoms with E-state index in [1.807, 2.05) is 35.9 Å². The maximum Gasteiger partial charge on any atom is 0.268 e. The second-order valence-electron chi connectivity index (χ2n) is 6.89. The molecule has 2 aliphatic rings. The molecule has 1 aromatic carbocycles. The van der Waals surface area contributed by atoms with Crippen LogP contribution in [0.4, 0.5) is 0 Å². The van der Waals surface area contributed by atoms with Crippen LogP contribution >= 0.6 is 11.6 Å². The Labute approximate surface area is 151 Å². The number of aromatic nitrogens is 1. The quantitative estimate of drug-likeness (QED) is 0.857. The van der Waals surface area contributed by atoms with Crippen LogP contribution in [0.3, 0.4) is 0 Å². The van der Waals surface area contributed by atoms with E-state index in [9.17, 15) is 4.79 Å². The number of nitrogens with one attached hydrogen (secondary N) is 1. The van der Waals surface area contributed by atoms with Gasteiger partial charge in [-0.2, -0.15) is 0 Å². The fraction of sp³-hybridized carbons (Fsp3) is 0.500. The molecule has 7 heteroatoms. The third-order valence-corrected chi connectivity index (χ3v) is 5.50. The second kappa shape index (κ2) is 6.29. The number of nitrogens with two attached hydrogens (primary N) is 1. The van der Waals surface area contributed by atoms with Gasteiger partial charge in [-0.3, -0.25) is 4.79 Å². The number of ether oxygens (including phenoxy) is 2. The lowest BCUT2D eigenvalue weighted by Gasteiger charge is -2.39. The van der Waals surface area contributed by atoms with Crippen molar-refractivity contribution in [2.24, 2.45) is 12.8 Å². The van der Waals surface area contributed by atoms with Crippen LogP contribution in [0.25, 0.3) is 10.9 Å². The van der Waals surface area contributed by atoms with Crippen LogP contribution in [-0.4, -0.2) is 41.6 Å². The summed E-state index contributed by atoms with van der Waals surface area (Å²) < 4.78 is 13.3. The van der Waals surface area contributed by atoms with Crippen LogP contribution in [0, 0.1) is 0 Å². The summed E-state index contributed by atoms with van der Waals surface area (Å²) in [5.41, 5.74) is 7.86. The molecule has 134 valence electrons. The molecule has 2 heterocycles. The van der Waals surface area contributed by atoms with E-state index in [1.165, 1.54) is 0 Å². The molecule has 1 spiro atoms. The normalized spacial score (nSPS) is 25.6. The number of hydrogen-bond donors (Lipinski definition) is 2. The average Bonchev–Trinajstić information content (AvgIpc) is 3.15. The van der Waals surface area contributed by atoms with Gasteiger partial charge in [0, 0.05) is 47.9 Å². The average molecular weight is 364 g/mol. The van der Waals surface area contributed by atoms with Crippen molar-refractivity contribution in [1.82, 2.24) is 9.88 Å². The van der Waals surface area contributed by atoms with E-state index in [4.69, 9.17) is 26.8 Å². The van der Waals surface area contributed by atoms with Crippen LogP contribution in [0.1, 0.15) is 29.8 Å². The molecule has 0 radical (unpaired) electrons. The molecule has 0 bridgehead atoms. The molecule has 1 amide bonds. The van der Waals surface area contributed by atoms with E-state index in [-0.39, 0.29) is 18.0 Å². The van der Waals surface area contributed by atoms with Crippen molar-refractivity contribution >= 4 is 28.4 Å². The van der Waals surface area contributed by atoms with Gasteiger partial charge in [-0.25, -0.2) is 0 Å². The molecule has 1 aliphatic heterocycles. The third kappa shape index (κ3) is 3.04. The number of aryl methyl sites for hydroxylation is 1. The Bertz CT molecular complexity index is 813. The van der Waals surface area contributed by atoms with E-state index in [2.05, 4.69) is 5.32 Å². The van der Waals surface area contributed by atoms with Crippen molar-refractivity contribution in [3.8, 4) is 0 Å². The number of nitrogens with zero attached hydrogens (tertiary/aromatic N) is 1. The molecule has 6 nitrogen and oxygen atoms in total. The molecule has 1 aliphatic carbocycles. The van der Waals surface area contributed by atoms with E-state index in [0.717, 1.165) is 23.7 Å². The van der Waals surface area contributed by atoms with Crippen LogP contribution in [0.2, 0.25) is 5.02 Å². The summed E-state index contributed by atoms with van der Waals surface area (Å²) in [6, 6.07) is 7.17. The Morgan fingerprint density at radius 1 is 1.36 bits per heavy atom. The minimum absolute atomic E-state index is 0.0903. The third-order valence-electron chi connectivity index (χ3n) is 5.27. The topological polar surface area (TPSA) is 78.5 Å². The molecule has 2 aromatic rings. The van der Waals surface area contributed by atoms with Gasteiger partial charge in [-0.05, 0) is 30.7 Å². The first-order valence-corrected chi connectivity index (χ1v) is 8.95. The van der Waals surface area contributed by atoms with Gasteiger partial charge in [-0.1, -0.05) is 11.6 Å². The van der Waals surface area contributed by atoms with Crippen molar-refractivity contribution in [1.29, 1.82) is 0 Å². The molecule has 1 saturated carbocycles. The Balaban J connectivity index is 1.50. The van der Waals surface area contributed by atoms with Crippen molar-refractivity contribution < 1.29 is 14.3 Å². The van der Waals surface area contributed by atoms with Gasteiger partial charge in [0.25, 0.3) is 5.91 Å². The lowest BCUT2D eigenvalue weighted by atomic mass is 9.86. The highest BCUT2D eigenvalue weighted by Gasteiger charge is 2.44. The van der Waals surface area contributed by atoms with Crippen LogP contribution in [0.15, 0.2) is 24.3 Å². The summed E-state index contributed by atoms with van der Waals surface area (Å²) >= 11 is 6.04. The van der Waals surface area contributed by atoms with E-state index in [1.54, 1.807) is 0 Å². The molecule has 2 fully saturated rings. The zero-order valence-corrected chi connectivity index (χ0v) is 14.9. The smallest absolute Gasteiger partial charge is 0.268 e. The molecule has 0 unspecified atom stereocenters. The van der Waals surface area contributed by atoms with E-state index in [0.29, 0.717) is 30.4 Å². The second-order valence-corrected chi connectivity index (χ2v) is 7.32.